The molecule has 2 aromatic rings. The highest BCUT2D eigenvalue weighted by Crippen LogP contribution is 2.22. The van der Waals surface area contributed by atoms with Crippen LogP contribution in [-0.4, -0.2) is 58.2 Å². The number of aryl methyl sites for hydroxylation is 1. The van der Waals surface area contributed by atoms with Crippen molar-refractivity contribution in [3.8, 4) is 0 Å². The maximum absolute atomic E-state index is 12.7. The van der Waals surface area contributed by atoms with E-state index in [1.165, 1.54) is 0 Å². The SMILES string of the molecule is O=C(CCc1cccnc1)NC1CCN(C(=O)CN2Cc3ccccc3C2=O)C1. The van der Waals surface area contributed by atoms with Gasteiger partial charge < -0.3 is 15.1 Å². The lowest BCUT2D eigenvalue weighted by atomic mass is 10.1. The molecule has 150 valence electrons. The van der Waals surface area contributed by atoms with Gasteiger partial charge in [-0.2, -0.15) is 0 Å². The van der Waals surface area contributed by atoms with Crippen LogP contribution in [-0.2, 0) is 22.6 Å². The normalized spacial score (nSPS) is 18.1. The summed E-state index contributed by atoms with van der Waals surface area (Å²) in [7, 11) is 0. The molecular formula is C22H24N4O3. The van der Waals surface area contributed by atoms with Gasteiger partial charge in [0.2, 0.25) is 11.8 Å². The summed E-state index contributed by atoms with van der Waals surface area (Å²) in [5.74, 6) is -0.176. The predicted octanol–water partition coefficient (Wildman–Crippen LogP) is 1.39. The van der Waals surface area contributed by atoms with Gasteiger partial charge in [-0.05, 0) is 36.1 Å². The van der Waals surface area contributed by atoms with Crippen LogP contribution in [0.4, 0.5) is 0 Å². The van der Waals surface area contributed by atoms with Crippen molar-refractivity contribution < 1.29 is 14.4 Å². The van der Waals surface area contributed by atoms with E-state index < -0.39 is 0 Å². The molecule has 0 bridgehead atoms. The van der Waals surface area contributed by atoms with Gasteiger partial charge in [0, 0.05) is 50.1 Å². The second-order valence-corrected chi connectivity index (χ2v) is 7.57. The first-order valence-electron chi connectivity index (χ1n) is 9.93. The van der Waals surface area contributed by atoms with E-state index >= 15 is 0 Å². The average molecular weight is 392 g/mol. The van der Waals surface area contributed by atoms with Gasteiger partial charge in [0.25, 0.3) is 5.91 Å². The largest absolute Gasteiger partial charge is 0.352 e. The number of likely N-dealkylation sites (tertiary alicyclic amines) is 1. The van der Waals surface area contributed by atoms with Gasteiger partial charge in [-0.1, -0.05) is 24.3 Å². The van der Waals surface area contributed by atoms with Crippen LogP contribution < -0.4 is 5.32 Å². The van der Waals surface area contributed by atoms with Crippen molar-refractivity contribution in [2.45, 2.75) is 31.8 Å². The maximum Gasteiger partial charge on any atom is 0.254 e. The van der Waals surface area contributed by atoms with Gasteiger partial charge in [-0.15, -0.1) is 0 Å². The molecule has 3 heterocycles. The van der Waals surface area contributed by atoms with E-state index in [9.17, 15) is 14.4 Å². The third kappa shape index (κ3) is 4.45. The second-order valence-electron chi connectivity index (χ2n) is 7.57. The molecule has 0 aliphatic carbocycles. The zero-order chi connectivity index (χ0) is 20.2. The Bertz CT molecular complexity index is 915. The summed E-state index contributed by atoms with van der Waals surface area (Å²) in [5.41, 5.74) is 2.67. The summed E-state index contributed by atoms with van der Waals surface area (Å²) in [6.45, 7) is 1.64. The summed E-state index contributed by atoms with van der Waals surface area (Å²) in [5, 5.41) is 3.02. The minimum absolute atomic E-state index is 0.0154. The molecule has 0 radical (unpaired) electrons. The Balaban J connectivity index is 1.23. The lowest BCUT2D eigenvalue weighted by Crippen LogP contribution is -2.42. The number of aromatic nitrogens is 1. The first-order chi connectivity index (χ1) is 14.1. The first-order valence-corrected chi connectivity index (χ1v) is 9.93. The minimum atomic E-state index is -0.0894. The van der Waals surface area contributed by atoms with Crippen molar-refractivity contribution in [2.75, 3.05) is 19.6 Å². The molecule has 29 heavy (non-hydrogen) atoms. The molecular weight excluding hydrogens is 368 g/mol. The number of hydrogen-bond donors (Lipinski definition) is 1. The van der Waals surface area contributed by atoms with Crippen LogP contribution in [0.5, 0.6) is 0 Å². The Hall–Kier alpha value is -3.22. The third-order valence-electron chi connectivity index (χ3n) is 5.49. The number of nitrogens with zero attached hydrogens (tertiary/aromatic N) is 3. The molecule has 1 saturated heterocycles. The van der Waals surface area contributed by atoms with Crippen LogP contribution in [0.3, 0.4) is 0 Å². The van der Waals surface area contributed by atoms with Crippen molar-refractivity contribution in [1.82, 2.24) is 20.1 Å². The predicted molar refractivity (Wildman–Crippen MR) is 107 cm³/mol. The molecule has 1 unspecified atom stereocenters. The zero-order valence-corrected chi connectivity index (χ0v) is 16.2. The van der Waals surface area contributed by atoms with Crippen LogP contribution in [0.2, 0.25) is 0 Å². The molecule has 7 heteroatoms. The Morgan fingerprint density at radius 3 is 2.83 bits per heavy atom. The topological polar surface area (TPSA) is 82.6 Å². The Kier molecular flexibility index (Phi) is 5.55. The average Bonchev–Trinajstić information content (AvgIpc) is 3.32. The number of nitrogens with one attached hydrogen (secondary N) is 1. The molecule has 0 spiro atoms. The summed E-state index contributed by atoms with van der Waals surface area (Å²) >= 11 is 0. The second kappa shape index (κ2) is 8.43. The Labute approximate surface area is 169 Å². The number of carbonyl (C=O) groups is 3. The molecule has 1 fully saturated rings. The van der Waals surface area contributed by atoms with Gasteiger partial charge in [-0.25, -0.2) is 0 Å². The van der Waals surface area contributed by atoms with Crippen molar-refractivity contribution in [3.05, 3.63) is 65.5 Å². The van der Waals surface area contributed by atoms with E-state index in [4.69, 9.17) is 0 Å². The van der Waals surface area contributed by atoms with Crippen molar-refractivity contribution in [1.29, 1.82) is 0 Å². The fourth-order valence-electron chi connectivity index (χ4n) is 3.91. The molecule has 2 aliphatic heterocycles. The third-order valence-corrected chi connectivity index (χ3v) is 5.49. The fourth-order valence-corrected chi connectivity index (χ4v) is 3.91. The highest BCUT2D eigenvalue weighted by atomic mass is 16.2. The van der Waals surface area contributed by atoms with E-state index in [0.717, 1.165) is 17.5 Å². The smallest absolute Gasteiger partial charge is 0.254 e. The molecule has 7 nitrogen and oxygen atoms in total. The molecule has 1 N–H and O–H groups in total. The fraction of sp³-hybridized carbons (Fsp3) is 0.364. The van der Waals surface area contributed by atoms with Crippen molar-refractivity contribution >= 4 is 17.7 Å². The van der Waals surface area contributed by atoms with E-state index in [0.29, 0.717) is 38.0 Å². The van der Waals surface area contributed by atoms with Crippen LogP contribution in [0.25, 0.3) is 0 Å². The van der Waals surface area contributed by atoms with Crippen LogP contribution >= 0.6 is 0 Å². The lowest BCUT2D eigenvalue weighted by molar-refractivity contribution is -0.131. The lowest BCUT2D eigenvalue weighted by Gasteiger charge is -2.21. The Morgan fingerprint density at radius 1 is 1.17 bits per heavy atom. The standard InChI is InChI=1S/C22H24N4O3/c27-20(8-7-16-4-3-10-23-12-16)24-18-9-11-25(14-18)21(28)15-26-13-17-5-1-2-6-19(17)22(26)29/h1-6,10,12,18H,7-9,11,13-15H2,(H,24,27). The number of pyridine rings is 1. The Morgan fingerprint density at radius 2 is 2.03 bits per heavy atom. The molecule has 1 aromatic carbocycles. The van der Waals surface area contributed by atoms with E-state index in [1.807, 2.05) is 30.3 Å². The summed E-state index contributed by atoms with van der Waals surface area (Å²) < 4.78 is 0. The summed E-state index contributed by atoms with van der Waals surface area (Å²) in [6, 6.07) is 11.2. The molecule has 3 amide bonds. The van der Waals surface area contributed by atoms with Gasteiger partial charge in [0.05, 0.1) is 0 Å². The number of hydrogen-bond acceptors (Lipinski definition) is 4. The van der Waals surface area contributed by atoms with Crippen LogP contribution in [0.15, 0.2) is 48.8 Å². The van der Waals surface area contributed by atoms with Crippen LogP contribution in [0.1, 0.15) is 34.3 Å². The summed E-state index contributed by atoms with van der Waals surface area (Å²) in [4.78, 5) is 44.7. The van der Waals surface area contributed by atoms with Gasteiger partial charge in [-0.3, -0.25) is 19.4 Å². The van der Waals surface area contributed by atoms with E-state index in [2.05, 4.69) is 10.3 Å². The molecule has 1 aromatic heterocycles. The van der Waals surface area contributed by atoms with Crippen LogP contribution in [0, 0.1) is 0 Å². The summed E-state index contributed by atoms with van der Waals surface area (Å²) in [6.07, 6.45) is 5.26. The highest BCUT2D eigenvalue weighted by molar-refractivity contribution is 6.00. The molecule has 1 atom stereocenters. The van der Waals surface area contributed by atoms with Crippen molar-refractivity contribution in [2.24, 2.45) is 0 Å². The quantitative estimate of drug-likeness (QED) is 0.805. The van der Waals surface area contributed by atoms with Gasteiger partial charge in [0.15, 0.2) is 0 Å². The molecule has 0 saturated carbocycles. The number of fused-ring (bicyclic) bond motifs is 1. The number of rotatable bonds is 6. The monoisotopic (exact) mass is 392 g/mol. The molecule has 4 rings (SSSR count). The van der Waals surface area contributed by atoms with E-state index in [-0.39, 0.29) is 30.3 Å². The minimum Gasteiger partial charge on any atom is -0.352 e. The zero-order valence-electron chi connectivity index (χ0n) is 16.2. The van der Waals surface area contributed by atoms with Crippen molar-refractivity contribution in [3.63, 3.8) is 0 Å². The van der Waals surface area contributed by atoms with E-state index in [1.54, 1.807) is 28.3 Å². The highest BCUT2D eigenvalue weighted by Gasteiger charge is 2.32. The van der Waals surface area contributed by atoms with Gasteiger partial charge in [0.1, 0.15) is 6.54 Å². The number of benzene rings is 1. The first kappa shape index (κ1) is 19.1. The number of carbonyl (C=O) groups excluding carboxylic acids is 3. The number of amides is 3. The van der Waals surface area contributed by atoms with Gasteiger partial charge >= 0.3 is 0 Å². The molecule has 2 aliphatic rings. The maximum atomic E-state index is 12.7.